The molecule has 8 nitrogen and oxygen atoms in total. The van der Waals surface area contributed by atoms with Gasteiger partial charge in [0.15, 0.2) is 21.4 Å². The van der Waals surface area contributed by atoms with Crippen molar-refractivity contribution in [3.05, 3.63) is 60.8 Å². The molecule has 5 rings (SSSR count). The van der Waals surface area contributed by atoms with Gasteiger partial charge in [-0.3, -0.25) is 4.98 Å². The molecule has 2 atom stereocenters. The lowest BCUT2D eigenvalue weighted by atomic mass is 10.1. The molecule has 1 fully saturated rings. The Bertz CT molecular complexity index is 1420. The highest BCUT2D eigenvalue weighted by Gasteiger charge is 2.31. The number of aromatic nitrogens is 3. The normalized spacial score (nSPS) is 17.3. The van der Waals surface area contributed by atoms with Crippen LogP contribution in [-0.2, 0) is 9.84 Å². The van der Waals surface area contributed by atoms with E-state index in [0.717, 1.165) is 41.8 Å². The molecule has 1 saturated heterocycles. The number of sulfone groups is 1. The summed E-state index contributed by atoms with van der Waals surface area (Å²) in [6, 6.07) is 15.9. The molecule has 0 amide bonds. The van der Waals surface area contributed by atoms with Gasteiger partial charge in [0.05, 0.1) is 33.8 Å². The molecule has 3 heterocycles. The average molecular weight is 479 g/mol. The molecule has 0 saturated carbocycles. The van der Waals surface area contributed by atoms with Crippen LogP contribution >= 0.6 is 0 Å². The summed E-state index contributed by atoms with van der Waals surface area (Å²) in [6.07, 6.45) is 4.26. The first kappa shape index (κ1) is 22.4. The summed E-state index contributed by atoms with van der Waals surface area (Å²) < 4.78 is 29.9. The fourth-order valence-electron chi connectivity index (χ4n) is 4.43. The largest absolute Gasteiger partial charge is 0.455 e. The third-order valence-corrected chi connectivity index (χ3v) is 7.24. The van der Waals surface area contributed by atoms with Crippen LogP contribution in [0.3, 0.4) is 0 Å². The zero-order chi connectivity index (χ0) is 23.9. The summed E-state index contributed by atoms with van der Waals surface area (Å²) in [5.74, 6) is 1.76. The van der Waals surface area contributed by atoms with Crippen LogP contribution in [0.2, 0.25) is 0 Å². The molecule has 0 spiro atoms. The number of nitrogens with one attached hydrogen (secondary N) is 1. The number of H-pyrrole nitrogens is 1. The lowest BCUT2D eigenvalue weighted by molar-refractivity contribution is 0.164. The third-order valence-electron chi connectivity index (χ3n) is 6.12. The van der Waals surface area contributed by atoms with Crippen LogP contribution in [0.4, 0.5) is 5.69 Å². The second-order valence-corrected chi connectivity index (χ2v) is 10.6. The van der Waals surface area contributed by atoms with Crippen LogP contribution < -0.4 is 9.64 Å². The minimum atomic E-state index is -3.29. The van der Waals surface area contributed by atoms with E-state index >= 15 is 0 Å². The number of aromatic amines is 1. The molecule has 0 aliphatic carbocycles. The smallest absolute Gasteiger partial charge is 0.175 e. The number of hydrogen-bond donors (Lipinski definition) is 2. The van der Waals surface area contributed by atoms with Crippen LogP contribution in [0.25, 0.3) is 22.6 Å². The zero-order valence-electron chi connectivity index (χ0n) is 19.0. The van der Waals surface area contributed by atoms with Crippen molar-refractivity contribution < 1.29 is 18.3 Å². The van der Waals surface area contributed by atoms with E-state index in [0.29, 0.717) is 17.3 Å². The predicted octanol–water partition coefficient (Wildman–Crippen LogP) is 4.17. The highest BCUT2D eigenvalue weighted by atomic mass is 32.2. The van der Waals surface area contributed by atoms with Crippen molar-refractivity contribution in [3.63, 3.8) is 0 Å². The second kappa shape index (κ2) is 8.73. The van der Waals surface area contributed by atoms with Gasteiger partial charge in [0, 0.05) is 25.1 Å². The molecule has 2 unspecified atom stereocenters. The maximum Gasteiger partial charge on any atom is 0.175 e. The standard InChI is InChI=1S/C25H26N4O4S/c1-16(30)22-7-5-13-29(22)23-14-20-21(28-25(27-20)19-6-3-4-12-26-19)15-24(23)33-17-8-10-18(11-9-17)34(2,31)32/h3-4,6,8-12,14-16,22,30H,5,7,13H2,1-2H3,(H,27,28). The number of imidazole rings is 1. The van der Waals surface area contributed by atoms with Gasteiger partial charge in [0.2, 0.25) is 0 Å². The number of rotatable bonds is 6. The number of pyridine rings is 1. The number of fused-ring (bicyclic) bond motifs is 1. The zero-order valence-corrected chi connectivity index (χ0v) is 19.8. The fourth-order valence-corrected chi connectivity index (χ4v) is 5.06. The van der Waals surface area contributed by atoms with Gasteiger partial charge in [-0.1, -0.05) is 6.07 Å². The Labute approximate surface area is 198 Å². The summed E-state index contributed by atoms with van der Waals surface area (Å²) in [7, 11) is -3.29. The lowest BCUT2D eigenvalue weighted by Gasteiger charge is -2.30. The van der Waals surface area contributed by atoms with Crippen LogP contribution in [0.1, 0.15) is 19.8 Å². The van der Waals surface area contributed by atoms with E-state index in [1.54, 1.807) is 25.3 Å². The van der Waals surface area contributed by atoms with Gasteiger partial charge in [-0.05, 0) is 62.2 Å². The van der Waals surface area contributed by atoms with Crippen molar-refractivity contribution in [2.45, 2.75) is 36.8 Å². The van der Waals surface area contributed by atoms with Gasteiger partial charge in [-0.15, -0.1) is 0 Å². The van der Waals surface area contributed by atoms with E-state index in [1.165, 1.54) is 18.4 Å². The Morgan fingerprint density at radius 3 is 2.65 bits per heavy atom. The lowest BCUT2D eigenvalue weighted by Crippen LogP contribution is -2.37. The molecule has 176 valence electrons. The molecule has 0 radical (unpaired) electrons. The van der Waals surface area contributed by atoms with E-state index in [-0.39, 0.29) is 10.9 Å². The number of anilines is 1. The van der Waals surface area contributed by atoms with Crippen molar-refractivity contribution in [3.8, 4) is 23.0 Å². The first-order valence-electron chi connectivity index (χ1n) is 11.2. The second-order valence-electron chi connectivity index (χ2n) is 8.63. The van der Waals surface area contributed by atoms with Crippen LogP contribution in [-0.4, -0.2) is 53.4 Å². The first-order chi connectivity index (χ1) is 16.3. The number of benzene rings is 2. The van der Waals surface area contributed by atoms with E-state index in [1.807, 2.05) is 30.3 Å². The molecule has 9 heteroatoms. The van der Waals surface area contributed by atoms with Crippen LogP contribution in [0.5, 0.6) is 11.5 Å². The summed E-state index contributed by atoms with van der Waals surface area (Å²) >= 11 is 0. The molecule has 2 aromatic carbocycles. The fraction of sp³-hybridized carbons (Fsp3) is 0.280. The van der Waals surface area contributed by atoms with Gasteiger partial charge >= 0.3 is 0 Å². The molecular formula is C25H26N4O4S. The van der Waals surface area contributed by atoms with Crippen molar-refractivity contribution in [2.75, 3.05) is 17.7 Å². The van der Waals surface area contributed by atoms with Crippen LogP contribution in [0, 0.1) is 0 Å². The molecule has 2 aromatic heterocycles. The summed E-state index contributed by atoms with van der Waals surface area (Å²) in [5, 5.41) is 10.4. The first-order valence-corrected chi connectivity index (χ1v) is 13.1. The summed E-state index contributed by atoms with van der Waals surface area (Å²) in [4.78, 5) is 14.8. The number of aliphatic hydroxyl groups excluding tert-OH is 1. The van der Waals surface area contributed by atoms with Gasteiger partial charge in [0.25, 0.3) is 0 Å². The van der Waals surface area contributed by atoms with Crippen molar-refractivity contribution in [2.24, 2.45) is 0 Å². The molecule has 4 aromatic rings. The van der Waals surface area contributed by atoms with Gasteiger partial charge in [-0.2, -0.15) is 0 Å². The Balaban J connectivity index is 1.59. The monoisotopic (exact) mass is 478 g/mol. The molecule has 1 aliphatic heterocycles. The summed E-state index contributed by atoms with van der Waals surface area (Å²) in [5.41, 5.74) is 3.15. The maximum absolute atomic E-state index is 11.8. The molecule has 0 bridgehead atoms. The molecule has 2 N–H and O–H groups in total. The third kappa shape index (κ3) is 4.36. The van der Waals surface area contributed by atoms with Crippen LogP contribution in [0.15, 0.2) is 65.7 Å². The number of nitrogens with zero attached hydrogens (tertiary/aromatic N) is 3. The van der Waals surface area contributed by atoms with E-state index in [2.05, 4.69) is 14.9 Å². The van der Waals surface area contributed by atoms with Gasteiger partial charge < -0.3 is 19.7 Å². The highest BCUT2D eigenvalue weighted by Crippen LogP contribution is 2.40. The van der Waals surface area contributed by atoms with E-state index in [9.17, 15) is 13.5 Å². The number of ether oxygens (including phenoxy) is 1. The minimum absolute atomic E-state index is 0.0226. The topological polar surface area (TPSA) is 108 Å². The number of hydrogen-bond acceptors (Lipinski definition) is 7. The Morgan fingerprint density at radius 2 is 1.97 bits per heavy atom. The molecule has 34 heavy (non-hydrogen) atoms. The Hall–Kier alpha value is -3.43. The SMILES string of the molecule is CC(O)C1CCCN1c1cc2[nH]c(-c3ccccn3)nc2cc1Oc1ccc(S(C)(=O)=O)cc1. The Morgan fingerprint density at radius 1 is 1.18 bits per heavy atom. The molecular weight excluding hydrogens is 452 g/mol. The summed E-state index contributed by atoms with van der Waals surface area (Å²) in [6.45, 7) is 2.60. The maximum atomic E-state index is 11.8. The van der Waals surface area contributed by atoms with Crippen molar-refractivity contribution >= 4 is 26.6 Å². The van der Waals surface area contributed by atoms with Crippen molar-refractivity contribution in [1.29, 1.82) is 0 Å². The number of aliphatic hydroxyl groups is 1. The predicted molar refractivity (Wildman–Crippen MR) is 131 cm³/mol. The Kier molecular flexibility index (Phi) is 5.75. The quantitative estimate of drug-likeness (QED) is 0.428. The highest BCUT2D eigenvalue weighted by molar-refractivity contribution is 7.90. The van der Waals surface area contributed by atoms with Gasteiger partial charge in [0.1, 0.15) is 11.4 Å². The van der Waals surface area contributed by atoms with E-state index in [4.69, 9.17) is 9.72 Å². The molecule has 1 aliphatic rings. The van der Waals surface area contributed by atoms with E-state index < -0.39 is 15.9 Å². The average Bonchev–Trinajstić information content (AvgIpc) is 3.46. The minimum Gasteiger partial charge on any atom is -0.455 e. The van der Waals surface area contributed by atoms with Gasteiger partial charge in [-0.25, -0.2) is 13.4 Å². The van der Waals surface area contributed by atoms with Crippen molar-refractivity contribution in [1.82, 2.24) is 15.0 Å².